The third kappa shape index (κ3) is 3.84. The highest BCUT2D eigenvalue weighted by atomic mass is 35.5. The minimum Gasteiger partial charge on any atom is -0.503 e. The number of carbonyl (C=O) groups is 2. The standard InChI is InChI=1S/C26H21ClN2O5S/c1-28(2)16-6-8-17(9-7-16)29-22(20-5-4-10-35-20)21(24(31)26(29)32)23(30)18-12-14-11-15(27)13-19(33-3)25(14)34-18/h4-13,22,31H,1-3H3. The number of rotatable bonds is 6. The zero-order valence-corrected chi connectivity index (χ0v) is 20.7. The monoisotopic (exact) mass is 508 g/mol. The summed E-state index contributed by atoms with van der Waals surface area (Å²) in [6, 6.07) is 15.0. The van der Waals surface area contributed by atoms with E-state index in [0.29, 0.717) is 27.4 Å². The summed E-state index contributed by atoms with van der Waals surface area (Å²) >= 11 is 7.55. The topological polar surface area (TPSA) is 83.2 Å². The third-order valence-corrected chi connectivity index (χ3v) is 7.04. The molecule has 2 aromatic heterocycles. The molecule has 0 spiro atoms. The van der Waals surface area contributed by atoms with E-state index >= 15 is 0 Å². The molecule has 0 radical (unpaired) electrons. The number of carbonyl (C=O) groups excluding carboxylic acids is 2. The number of methoxy groups -OCH3 is 1. The van der Waals surface area contributed by atoms with Crippen LogP contribution in [-0.2, 0) is 4.79 Å². The number of benzene rings is 2. The molecule has 0 saturated carbocycles. The van der Waals surface area contributed by atoms with E-state index in [1.807, 2.05) is 48.6 Å². The Kier molecular flexibility index (Phi) is 5.78. The number of aliphatic hydroxyl groups is 1. The Morgan fingerprint density at radius 1 is 1.17 bits per heavy atom. The highest BCUT2D eigenvalue weighted by Crippen LogP contribution is 2.44. The van der Waals surface area contributed by atoms with Crippen LogP contribution in [0, 0.1) is 0 Å². The number of hydrogen-bond acceptors (Lipinski definition) is 7. The van der Waals surface area contributed by atoms with Crippen molar-refractivity contribution in [3.8, 4) is 5.75 Å². The summed E-state index contributed by atoms with van der Waals surface area (Å²) in [4.78, 5) is 31.1. The second kappa shape index (κ2) is 8.79. The van der Waals surface area contributed by atoms with Crippen molar-refractivity contribution in [1.29, 1.82) is 0 Å². The summed E-state index contributed by atoms with van der Waals surface area (Å²) in [6.07, 6.45) is 0. The van der Waals surface area contributed by atoms with Gasteiger partial charge in [0.1, 0.15) is 6.04 Å². The lowest BCUT2D eigenvalue weighted by Gasteiger charge is -2.26. The van der Waals surface area contributed by atoms with E-state index in [0.717, 1.165) is 10.6 Å². The number of nitrogens with zero attached hydrogens (tertiary/aromatic N) is 2. The maximum Gasteiger partial charge on any atom is 0.294 e. The molecule has 3 heterocycles. The van der Waals surface area contributed by atoms with Crippen molar-refractivity contribution >= 4 is 57.0 Å². The lowest BCUT2D eigenvalue weighted by molar-refractivity contribution is -0.117. The molecule has 1 aliphatic rings. The van der Waals surface area contributed by atoms with Gasteiger partial charge in [0, 0.05) is 46.8 Å². The van der Waals surface area contributed by atoms with Crippen LogP contribution in [0.5, 0.6) is 5.75 Å². The summed E-state index contributed by atoms with van der Waals surface area (Å²) in [5.41, 5.74) is 1.83. The Labute approximate surface area is 210 Å². The van der Waals surface area contributed by atoms with E-state index in [1.165, 1.54) is 29.4 Å². The van der Waals surface area contributed by atoms with Crippen LogP contribution in [0.25, 0.3) is 11.0 Å². The Balaban J connectivity index is 1.61. The van der Waals surface area contributed by atoms with Gasteiger partial charge in [0.15, 0.2) is 22.9 Å². The van der Waals surface area contributed by atoms with Gasteiger partial charge in [-0.2, -0.15) is 0 Å². The SMILES string of the molecule is COc1cc(Cl)cc2cc(C(=O)C3=C(O)C(=O)N(c4ccc(N(C)C)cc4)C3c3cccs3)oc12. The van der Waals surface area contributed by atoms with Crippen LogP contribution < -0.4 is 14.5 Å². The van der Waals surface area contributed by atoms with Gasteiger partial charge < -0.3 is 19.2 Å². The lowest BCUT2D eigenvalue weighted by Crippen LogP contribution is -2.30. The summed E-state index contributed by atoms with van der Waals surface area (Å²) in [6.45, 7) is 0. The first-order chi connectivity index (χ1) is 16.8. The Hall–Kier alpha value is -3.75. The zero-order valence-electron chi connectivity index (χ0n) is 19.1. The van der Waals surface area contributed by atoms with Gasteiger partial charge in [-0.3, -0.25) is 14.5 Å². The van der Waals surface area contributed by atoms with Gasteiger partial charge in [-0.05, 0) is 47.8 Å². The number of thiophene rings is 1. The van der Waals surface area contributed by atoms with Crippen LogP contribution in [-0.4, -0.2) is 38.0 Å². The molecule has 1 unspecified atom stereocenters. The number of fused-ring (bicyclic) bond motifs is 1. The summed E-state index contributed by atoms with van der Waals surface area (Å²) < 4.78 is 11.2. The predicted molar refractivity (Wildman–Crippen MR) is 137 cm³/mol. The minimum absolute atomic E-state index is 0.0266. The van der Waals surface area contributed by atoms with Crippen molar-refractivity contribution in [2.45, 2.75) is 6.04 Å². The fraction of sp³-hybridized carbons (Fsp3) is 0.154. The molecular weight excluding hydrogens is 488 g/mol. The van der Waals surface area contributed by atoms with Gasteiger partial charge in [-0.25, -0.2) is 0 Å². The first-order valence-corrected chi connectivity index (χ1v) is 11.9. The molecule has 1 atom stereocenters. The molecule has 1 aliphatic heterocycles. The highest BCUT2D eigenvalue weighted by molar-refractivity contribution is 7.10. The number of ketones is 1. The number of furan rings is 1. The molecular formula is C26H21ClN2O5S. The van der Waals surface area contributed by atoms with Gasteiger partial charge in [-0.15, -0.1) is 11.3 Å². The zero-order chi connectivity index (χ0) is 24.9. The maximum absolute atomic E-state index is 13.7. The molecule has 35 heavy (non-hydrogen) atoms. The number of halogens is 1. The van der Waals surface area contributed by atoms with Gasteiger partial charge in [0.2, 0.25) is 5.78 Å². The number of anilines is 2. The van der Waals surface area contributed by atoms with Gasteiger partial charge in [0.25, 0.3) is 5.91 Å². The lowest BCUT2D eigenvalue weighted by atomic mass is 10.00. The van der Waals surface area contributed by atoms with Crippen LogP contribution in [0.4, 0.5) is 11.4 Å². The molecule has 1 amide bonds. The average molecular weight is 509 g/mol. The summed E-state index contributed by atoms with van der Waals surface area (Å²) in [7, 11) is 5.32. The quantitative estimate of drug-likeness (QED) is 0.321. The Morgan fingerprint density at radius 2 is 1.91 bits per heavy atom. The summed E-state index contributed by atoms with van der Waals surface area (Å²) in [5.74, 6) is -1.49. The normalized spacial score (nSPS) is 15.8. The van der Waals surface area contributed by atoms with Gasteiger partial charge in [-0.1, -0.05) is 17.7 Å². The van der Waals surface area contributed by atoms with E-state index in [1.54, 1.807) is 24.3 Å². The fourth-order valence-electron chi connectivity index (χ4n) is 4.21. The molecule has 9 heteroatoms. The van der Waals surface area contributed by atoms with Crippen molar-refractivity contribution in [3.63, 3.8) is 0 Å². The van der Waals surface area contributed by atoms with E-state index in [-0.39, 0.29) is 11.3 Å². The van der Waals surface area contributed by atoms with E-state index in [9.17, 15) is 14.7 Å². The summed E-state index contributed by atoms with van der Waals surface area (Å²) in [5, 5.41) is 13.8. The van der Waals surface area contributed by atoms with Crippen LogP contribution in [0.3, 0.4) is 0 Å². The van der Waals surface area contributed by atoms with Crippen LogP contribution in [0.15, 0.2) is 75.7 Å². The highest BCUT2D eigenvalue weighted by Gasteiger charge is 2.46. The third-order valence-electron chi connectivity index (χ3n) is 5.90. The number of amides is 1. The van der Waals surface area contributed by atoms with Crippen LogP contribution in [0.1, 0.15) is 21.5 Å². The number of ether oxygens (including phenoxy) is 1. The molecule has 0 fully saturated rings. The number of hydrogen-bond donors (Lipinski definition) is 1. The molecule has 4 aromatic rings. The molecule has 7 nitrogen and oxygen atoms in total. The first-order valence-electron chi connectivity index (χ1n) is 10.7. The molecule has 5 rings (SSSR count). The Morgan fingerprint density at radius 3 is 2.54 bits per heavy atom. The smallest absolute Gasteiger partial charge is 0.294 e. The Bertz CT molecular complexity index is 1470. The second-order valence-electron chi connectivity index (χ2n) is 8.23. The van der Waals surface area contributed by atoms with Gasteiger partial charge >= 0.3 is 0 Å². The number of Topliss-reactive ketones (excluding diaryl/α,β-unsaturated/α-hetero) is 1. The van der Waals surface area contributed by atoms with Crippen molar-refractivity contribution in [3.05, 3.63) is 87.0 Å². The van der Waals surface area contributed by atoms with Crippen molar-refractivity contribution < 1.29 is 23.8 Å². The van der Waals surface area contributed by atoms with E-state index in [2.05, 4.69) is 0 Å². The maximum atomic E-state index is 13.7. The van der Waals surface area contributed by atoms with Crippen LogP contribution >= 0.6 is 22.9 Å². The largest absolute Gasteiger partial charge is 0.503 e. The van der Waals surface area contributed by atoms with E-state index < -0.39 is 23.5 Å². The minimum atomic E-state index is -0.807. The molecule has 0 saturated heterocycles. The molecule has 2 aromatic carbocycles. The average Bonchev–Trinajstić information content (AvgIpc) is 3.57. The fourth-order valence-corrected chi connectivity index (χ4v) is 5.25. The second-order valence-corrected chi connectivity index (χ2v) is 9.65. The van der Waals surface area contributed by atoms with Crippen LogP contribution in [0.2, 0.25) is 5.02 Å². The molecule has 0 aliphatic carbocycles. The van der Waals surface area contributed by atoms with Crippen molar-refractivity contribution in [2.24, 2.45) is 0 Å². The van der Waals surface area contributed by atoms with E-state index in [4.69, 9.17) is 20.8 Å². The van der Waals surface area contributed by atoms with Crippen molar-refractivity contribution in [2.75, 3.05) is 31.0 Å². The first kappa shape index (κ1) is 23.0. The van der Waals surface area contributed by atoms with Crippen molar-refractivity contribution in [1.82, 2.24) is 0 Å². The predicted octanol–water partition coefficient (Wildman–Crippen LogP) is 6.01. The molecule has 178 valence electrons. The molecule has 0 bridgehead atoms. The number of aliphatic hydroxyl groups excluding tert-OH is 1. The molecule has 1 N–H and O–H groups in total. The van der Waals surface area contributed by atoms with Gasteiger partial charge in [0.05, 0.1) is 12.7 Å².